The van der Waals surface area contributed by atoms with Crippen LogP contribution < -0.4 is 4.31 Å². The van der Waals surface area contributed by atoms with Crippen molar-refractivity contribution in [2.75, 3.05) is 4.31 Å². The van der Waals surface area contributed by atoms with E-state index in [0.29, 0.717) is 5.69 Å². The van der Waals surface area contributed by atoms with Crippen LogP contribution in [-0.4, -0.2) is 14.3 Å². The Morgan fingerprint density at radius 1 is 0.970 bits per heavy atom. The molecule has 1 fully saturated rings. The molecule has 2 aliphatic rings. The van der Waals surface area contributed by atoms with Gasteiger partial charge in [-0.2, -0.15) is 0 Å². The fourth-order valence-electron chi connectivity index (χ4n) is 5.28. The van der Waals surface area contributed by atoms with Crippen LogP contribution in [-0.2, 0) is 34.1 Å². The number of hydrogen-bond donors (Lipinski definition) is 0. The SMILES string of the molecule is CCc1ccc(S(=O)(=O)N(C(=O)C2CCCCC2)c2ccc3oc4c(c3c2)CCCC4)cc1. The number of aryl methyl sites for hydroxylation is 3. The van der Waals surface area contributed by atoms with Crippen molar-refractivity contribution >= 4 is 32.6 Å². The van der Waals surface area contributed by atoms with Crippen molar-refractivity contribution in [2.45, 2.75) is 76.0 Å². The number of hydrogen-bond acceptors (Lipinski definition) is 4. The molecule has 0 aliphatic heterocycles. The Hall–Kier alpha value is -2.60. The van der Waals surface area contributed by atoms with E-state index in [9.17, 15) is 13.2 Å². The smallest absolute Gasteiger partial charge is 0.270 e. The number of sulfonamides is 1. The molecule has 0 bridgehead atoms. The lowest BCUT2D eigenvalue weighted by molar-refractivity contribution is -0.122. The second-order valence-electron chi connectivity index (χ2n) is 9.33. The number of amides is 1. The van der Waals surface area contributed by atoms with E-state index in [1.54, 1.807) is 18.2 Å². The van der Waals surface area contributed by atoms with Crippen LogP contribution in [0.3, 0.4) is 0 Å². The first-order chi connectivity index (χ1) is 16.0. The van der Waals surface area contributed by atoms with Gasteiger partial charge in [0.05, 0.1) is 10.6 Å². The molecule has 0 N–H and O–H groups in total. The normalized spacial score (nSPS) is 17.1. The Balaban J connectivity index is 1.62. The molecule has 1 saturated carbocycles. The molecule has 33 heavy (non-hydrogen) atoms. The molecule has 1 heterocycles. The van der Waals surface area contributed by atoms with Crippen molar-refractivity contribution in [3.05, 3.63) is 59.4 Å². The molecule has 5 rings (SSSR count). The Bertz CT molecular complexity index is 1270. The molecule has 0 spiro atoms. The molecule has 0 unspecified atom stereocenters. The average molecular weight is 466 g/mol. The van der Waals surface area contributed by atoms with Crippen molar-refractivity contribution in [1.29, 1.82) is 0 Å². The van der Waals surface area contributed by atoms with Gasteiger partial charge in [-0.3, -0.25) is 4.79 Å². The van der Waals surface area contributed by atoms with Crippen molar-refractivity contribution < 1.29 is 17.6 Å². The zero-order valence-corrected chi connectivity index (χ0v) is 20.0. The summed E-state index contributed by atoms with van der Waals surface area (Å²) in [5, 5.41) is 0.931. The Morgan fingerprint density at radius 3 is 2.42 bits per heavy atom. The van der Waals surface area contributed by atoms with E-state index in [4.69, 9.17) is 4.42 Å². The fourth-order valence-corrected chi connectivity index (χ4v) is 6.75. The van der Waals surface area contributed by atoms with Crippen molar-refractivity contribution in [2.24, 2.45) is 5.92 Å². The lowest BCUT2D eigenvalue weighted by Crippen LogP contribution is -2.41. The van der Waals surface area contributed by atoms with Gasteiger partial charge in [0.25, 0.3) is 10.0 Å². The summed E-state index contributed by atoms with van der Waals surface area (Å²) in [6.07, 6.45) is 9.36. The van der Waals surface area contributed by atoms with E-state index in [2.05, 4.69) is 0 Å². The van der Waals surface area contributed by atoms with Crippen molar-refractivity contribution in [3.8, 4) is 0 Å². The molecular formula is C27H31NO4S. The summed E-state index contributed by atoms with van der Waals surface area (Å²) in [7, 11) is -4.05. The standard InChI is InChI=1S/C27H31NO4S/c1-2-19-12-15-22(16-13-19)33(30,31)28(27(29)20-8-4-3-5-9-20)21-14-17-26-24(18-21)23-10-6-7-11-25(23)32-26/h12-18,20H,2-11H2,1H3. The molecule has 0 radical (unpaired) electrons. The van der Waals surface area contributed by atoms with Gasteiger partial charge in [0.2, 0.25) is 5.91 Å². The minimum Gasteiger partial charge on any atom is -0.461 e. The van der Waals surface area contributed by atoms with E-state index in [1.807, 2.05) is 31.2 Å². The van der Waals surface area contributed by atoms with Crippen LogP contribution in [0.15, 0.2) is 51.8 Å². The highest BCUT2D eigenvalue weighted by molar-refractivity contribution is 7.93. The van der Waals surface area contributed by atoms with Crippen LogP contribution in [0, 0.1) is 5.92 Å². The third-order valence-corrected chi connectivity index (χ3v) is 8.94. The molecule has 2 aliphatic carbocycles. The third kappa shape index (κ3) is 4.10. The summed E-state index contributed by atoms with van der Waals surface area (Å²) in [4.78, 5) is 13.9. The first kappa shape index (κ1) is 22.2. The van der Waals surface area contributed by atoms with Gasteiger partial charge in [0.1, 0.15) is 11.3 Å². The quantitative estimate of drug-likeness (QED) is 0.451. The van der Waals surface area contributed by atoms with Crippen LogP contribution in [0.2, 0.25) is 0 Å². The molecule has 2 aromatic carbocycles. The zero-order valence-electron chi connectivity index (χ0n) is 19.2. The van der Waals surface area contributed by atoms with Crippen molar-refractivity contribution in [1.82, 2.24) is 0 Å². The molecule has 174 valence electrons. The van der Waals surface area contributed by atoms with E-state index in [-0.39, 0.29) is 16.7 Å². The predicted octanol–water partition coefficient (Wildman–Crippen LogP) is 6.18. The van der Waals surface area contributed by atoms with Gasteiger partial charge < -0.3 is 4.42 Å². The first-order valence-electron chi connectivity index (χ1n) is 12.2. The van der Waals surface area contributed by atoms with E-state index in [1.165, 1.54) is 0 Å². The molecule has 1 aromatic heterocycles. The van der Waals surface area contributed by atoms with Gasteiger partial charge in [-0.1, -0.05) is 38.3 Å². The van der Waals surface area contributed by atoms with Crippen LogP contribution in [0.25, 0.3) is 11.0 Å². The van der Waals surface area contributed by atoms with E-state index < -0.39 is 10.0 Å². The monoisotopic (exact) mass is 465 g/mol. The summed E-state index contributed by atoms with van der Waals surface area (Å²) >= 11 is 0. The van der Waals surface area contributed by atoms with Crippen molar-refractivity contribution in [3.63, 3.8) is 0 Å². The largest absolute Gasteiger partial charge is 0.461 e. The molecule has 5 nitrogen and oxygen atoms in total. The Morgan fingerprint density at radius 2 is 1.70 bits per heavy atom. The highest BCUT2D eigenvalue weighted by Gasteiger charge is 2.36. The predicted molar refractivity (Wildman–Crippen MR) is 130 cm³/mol. The number of carbonyl (C=O) groups is 1. The third-order valence-electron chi connectivity index (χ3n) is 7.20. The maximum Gasteiger partial charge on any atom is 0.270 e. The molecular weight excluding hydrogens is 434 g/mol. The molecule has 6 heteroatoms. The molecule has 0 atom stereocenters. The Kier molecular flexibility index (Phi) is 6.04. The van der Waals surface area contributed by atoms with Crippen LogP contribution in [0.4, 0.5) is 5.69 Å². The average Bonchev–Trinajstić information content (AvgIpc) is 3.22. The zero-order chi connectivity index (χ0) is 23.0. The lowest BCUT2D eigenvalue weighted by Gasteiger charge is -2.29. The van der Waals surface area contributed by atoms with Gasteiger partial charge >= 0.3 is 0 Å². The minimum absolute atomic E-state index is 0.151. The van der Waals surface area contributed by atoms with Crippen LogP contribution in [0.5, 0.6) is 0 Å². The number of furan rings is 1. The molecule has 1 amide bonds. The highest BCUT2D eigenvalue weighted by atomic mass is 32.2. The first-order valence-corrected chi connectivity index (χ1v) is 13.7. The topological polar surface area (TPSA) is 67.6 Å². The summed E-state index contributed by atoms with van der Waals surface area (Å²) in [6.45, 7) is 2.03. The van der Waals surface area contributed by atoms with E-state index >= 15 is 0 Å². The van der Waals surface area contributed by atoms with Crippen LogP contribution >= 0.6 is 0 Å². The number of nitrogens with zero attached hydrogens (tertiary/aromatic N) is 1. The number of anilines is 1. The van der Waals surface area contributed by atoms with Gasteiger partial charge in [-0.25, -0.2) is 12.7 Å². The summed E-state index contributed by atoms with van der Waals surface area (Å²) in [6, 6.07) is 12.3. The lowest BCUT2D eigenvalue weighted by atomic mass is 9.88. The number of carbonyl (C=O) groups excluding carboxylic acids is 1. The summed E-state index contributed by atoms with van der Waals surface area (Å²) in [5.74, 6) is 0.417. The second-order valence-corrected chi connectivity index (χ2v) is 11.1. The van der Waals surface area contributed by atoms with Gasteiger partial charge in [0, 0.05) is 23.3 Å². The Labute approximate surface area is 195 Å². The minimum atomic E-state index is -4.05. The second kappa shape index (κ2) is 8.98. The highest BCUT2D eigenvalue weighted by Crippen LogP contribution is 2.37. The number of benzene rings is 2. The van der Waals surface area contributed by atoms with Gasteiger partial charge in [0.15, 0.2) is 0 Å². The molecule has 0 saturated heterocycles. The van der Waals surface area contributed by atoms with Gasteiger partial charge in [-0.15, -0.1) is 0 Å². The maximum absolute atomic E-state index is 13.9. The van der Waals surface area contributed by atoms with Crippen LogP contribution in [0.1, 0.15) is 68.8 Å². The van der Waals surface area contributed by atoms with E-state index in [0.717, 1.165) is 96.4 Å². The molecule has 3 aromatic rings. The maximum atomic E-state index is 13.9. The number of fused-ring (bicyclic) bond motifs is 3. The summed E-state index contributed by atoms with van der Waals surface area (Å²) < 4.78 is 34.8. The fraction of sp³-hybridized carbons (Fsp3) is 0.444. The summed E-state index contributed by atoms with van der Waals surface area (Å²) in [5.41, 5.74) is 3.39. The number of rotatable bonds is 5. The van der Waals surface area contributed by atoms with Gasteiger partial charge in [-0.05, 0) is 74.4 Å².